The number of hydrogen-bond donors (Lipinski definition) is 0. The zero-order valence-electron chi connectivity index (χ0n) is 8.79. The van der Waals surface area contributed by atoms with Crippen LogP contribution in [0.25, 0.3) is 0 Å². The van der Waals surface area contributed by atoms with Crippen LogP contribution in [0.4, 0.5) is 4.39 Å². The number of benzene rings is 2. The summed E-state index contributed by atoms with van der Waals surface area (Å²) in [5.41, 5.74) is 0.730. The van der Waals surface area contributed by atoms with E-state index in [4.69, 9.17) is 27.9 Å². The Hall–Kier alpha value is -1.25. The van der Waals surface area contributed by atoms with Crippen molar-refractivity contribution >= 4 is 23.2 Å². The van der Waals surface area contributed by atoms with E-state index >= 15 is 0 Å². The average Bonchev–Trinajstić information content (AvgIpc) is 2.28. The smallest absolute Gasteiger partial charge is 0.124 e. The highest BCUT2D eigenvalue weighted by atomic mass is 35.5. The lowest BCUT2D eigenvalue weighted by atomic mass is 10.2. The van der Waals surface area contributed by atoms with Crippen LogP contribution in [0.5, 0.6) is 5.75 Å². The van der Waals surface area contributed by atoms with Gasteiger partial charge in [-0.25, -0.2) is 4.39 Å². The Bertz CT molecular complexity index is 529. The molecule has 88 valence electrons. The molecule has 0 saturated heterocycles. The van der Waals surface area contributed by atoms with Crippen molar-refractivity contribution in [1.82, 2.24) is 0 Å². The summed E-state index contributed by atoms with van der Waals surface area (Å²) >= 11 is 11.7. The van der Waals surface area contributed by atoms with E-state index in [9.17, 15) is 4.39 Å². The third kappa shape index (κ3) is 3.35. The zero-order chi connectivity index (χ0) is 12.3. The average molecular weight is 271 g/mol. The van der Waals surface area contributed by atoms with Crippen molar-refractivity contribution in [3.8, 4) is 5.75 Å². The van der Waals surface area contributed by atoms with Crippen molar-refractivity contribution in [2.24, 2.45) is 0 Å². The summed E-state index contributed by atoms with van der Waals surface area (Å²) in [7, 11) is 0. The van der Waals surface area contributed by atoms with Crippen molar-refractivity contribution in [2.45, 2.75) is 6.61 Å². The maximum atomic E-state index is 12.8. The Labute approximate surface area is 109 Å². The standard InChI is InChI=1S/C13H9Cl2FO/c14-10-2-1-3-12(6-10)17-8-9-4-5-11(16)7-13(9)15/h1-7H,8H2. The van der Waals surface area contributed by atoms with Gasteiger partial charge in [-0.15, -0.1) is 0 Å². The molecule has 0 saturated carbocycles. The quantitative estimate of drug-likeness (QED) is 0.785. The molecule has 0 aliphatic heterocycles. The molecule has 0 aliphatic carbocycles. The van der Waals surface area contributed by atoms with Gasteiger partial charge in [-0.3, -0.25) is 0 Å². The summed E-state index contributed by atoms with van der Waals surface area (Å²) in [5, 5.41) is 0.958. The van der Waals surface area contributed by atoms with E-state index in [-0.39, 0.29) is 12.4 Å². The van der Waals surface area contributed by atoms with Gasteiger partial charge in [0.15, 0.2) is 0 Å². The summed E-state index contributed by atoms with van der Waals surface area (Å²) in [5.74, 6) is 0.291. The molecule has 2 aromatic carbocycles. The highest BCUT2D eigenvalue weighted by Gasteiger charge is 2.03. The normalized spacial score (nSPS) is 10.3. The number of hydrogen-bond acceptors (Lipinski definition) is 1. The second-order valence-electron chi connectivity index (χ2n) is 3.48. The minimum Gasteiger partial charge on any atom is -0.489 e. The molecule has 0 atom stereocenters. The van der Waals surface area contributed by atoms with Gasteiger partial charge in [0, 0.05) is 10.6 Å². The van der Waals surface area contributed by atoms with Gasteiger partial charge in [0.2, 0.25) is 0 Å². The molecule has 1 nitrogen and oxygen atoms in total. The van der Waals surface area contributed by atoms with Gasteiger partial charge in [-0.1, -0.05) is 35.3 Å². The van der Waals surface area contributed by atoms with Crippen molar-refractivity contribution < 1.29 is 9.13 Å². The molecule has 0 aromatic heterocycles. The molecule has 0 bridgehead atoms. The van der Waals surface area contributed by atoms with Crippen molar-refractivity contribution in [3.05, 3.63) is 63.9 Å². The van der Waals surface area contributed by atoms with E-state index < -0.39 is 0 Å². The van der Waals surface area contributed by atoms with E-state index in [0.717, 1.165) is 5.56 Å². The zero-order valence-corrected chi connectivity index (χ0v) is 10.3. The van der Waals surface area contributed by atoms with Crippen LogP contribution in [-0.4, -0.2) is 0 Å². The van der Waals surface area contributed by atoms with Crippen molar-refractivity contribution in [2.75, 3.05) is 0 Å². The second-order valence-corrected chi connectivity index (χ2v) is 4.33. The maximum absolute atomic E-state index is 12.8. The summed E-state index contributed by atoms with van der Waals surface area (Å²) < 4.78 is 18.3. The Morgan fingerprint density at radius 3 is 2.59 bits per heavy atom. The predicted molar refractivity (Wildman–Crippen MR) is 67.2 cm³/mol. The first-order valence-electron chi connectivity index (χ1n) is 4.97. The Kier molecular flexibility index (Phi) is 3.87. The molecule has 0 heterocycles. The van der Waals surface area contributed by atoms with Crippen LogP contribution in [0.15, 0.2) is 42.5 Å². The third-order valence-electron chi connectivity index (χ3n) is 2.21. The summed E-state index contributed by atoms with van der Waals surface area (Å²) in [6, 6.07) is 11.3. The molecule has 0 fully saturated rings. The molecule has 0 spiro atoms. The lowest BCUT2D eigenvalue weighted by molar-refractivity contribution is 0.306. The van der Waals surface area contributed by atoms with Gasteiger partial charge in [-0.05, 0) is 30.3 Å². The van der Waals surface area contributed by atoms with E-state index in [1.54, 1.807) is 30.3 Å². The lowest BCUT2D eigenvalue weighted by Gasteiger charge is -2.08. The number of rotatable bonds is 3. The van der Waals surface area contributed by atoms with Gasteiger partial charge >= 0.3 is 0 Å². The molecule has 0 N–H and O–H groups in total. The second kappa shape index (κ2) is 5.39. The first-order valence-corrected chi connectivity index (χ1v) is 5.73. The highest BCUT2D eigenvalue weighted by molar-refractivity contribution is 6.31. The molecule has 0 unspecified atom stereocenters. The van der Waals surface area contributed by atoms with Crippen LogP contribution in [-0.2, 0) is 6.61 Å². The minimum atomic E-state index is -0.360. The fourth-order valence-electron chi connectivity index (χ4n) is 1.36. The molecule has 0 radical (unpaired) electrons. The SMILES string of the molecule is Fc1ccc(COc2cccc(Cl)c2)c(Cl)c1. The molecule has 2 aromatic rings. The van der Waals surface area contributed by atoms with Crippen molar-refractivity contribution in [1.29, 1.82) is 0 Å². The molecular formula is C13H9Cl2FO. The summed E-state index contributed by atoms with van der Waals surface area (Å²) in [4.78, 5) is 0. The minimum absolute atomic E-state index is 0.277. The lowest BCUT2D eigenvalue weighted by Crippen LogP contribution is -1.96. The van der Waals surface area contributed by atoms with Crippen LogP contribution in [0.2, 0.25) is 10.0 Å². The fourth-order valence-corrected chi connectivity index (χ4v) is 1.76. The van der Waals surface area contributed by atoms with E-state index in [2.05, 4.69) is 0 Å². The Morgan fingerprint density at radius 2 is 1.88 bits per heavy atom. The van der Waals surface area contributed by atoms with E-state index in [0.29, 0.717) is 15.8 Å². The van der Waals surface area contributed by atoms with Crippen molar-refractivity contribution in [3.63, 3.8) is 0 Å². The molecule has 4 heteroatoms. The number of ether oxygens (including phenoxy) is 1. The van der Waals surface area contributed by atoms with Gasteiger partial charge < -0.3 is 4.74 Å². The third-order valence-corrected chi connectivity index (χ3v) is 2.79. The predicted octanol–water partition coefficient (Wildman–Crippen LogP) is 4.71. The largest absolute Gasteiger partial charge is 0.489 e. The van der Waals surface area contributed by atoms with Gasteiger partial charge in [-0.2, -0.15) is 0 Å². The Morgan fingerprint density at radius 1 is 1.06 bits per heavy atom. The highest BCUT2D eigenvalue weighted by Crippen LogP contribution is 2.21. The van der Waals surface area contributed by atoms with Gasteiger partial charge in [0.05, 0.1) is 5.02 Å². The Balaban J connectivity index is 2.07. The van der Waals surface area contributed by atoms with Gasteiger partial charge in [0.1, 0.15) is 18.2 Å². The van der Waals surface area contributed by atoms with E-state index in [1.165, 1.54) is 12.1 Å². The fraction of sp³-hybridized carbons (Fsp3) is 0.0769. The van der Waals surface area contributed by atoms with Crippen LogP contribution in [0, 0.1) is 5.82 Å². The topological polar surface area (TPSA) is 9.23 Å². The maximum Gasteiger partial charge on any atom is 0.124 e. The summed E-state index contributed by atoms with van der Waals surface area (Å²) in [6.45, 7) is 0.277. The molecule has 17 heavy (non-hydrogen) atoms. The van der Waals surface area contributed by atoms with Crippen LogP contribution >= 0.6 is 23.2 Å². The molecule has 2 rings (SSSR count). The van der Waals surface area contributed by atoms with Crippen LogP contribution in [0.3, 0.4) is 0 Å². The molecule has 0 amide bonds. The first-order chi connectivity index (χ1) is 8.15. The van der Waals surface area contributed by atoms with Crippen LogP contribution in [0.1, 0.15) is 5.56 Å². The van der Waals surface area contributed by atoms with E-state index in [1.807, 2.05) is 0 Å². The molecular weight excluding hydrogens is 262 g/mol. The number of halogens is 3. The van der Waals surface area contributed by atoms with Crippen LogP contribution < -0.4 is 4.74 Å². The monoisotopic (exact) mass is 270 g/mol. The van der Waals surface area contributed by atoms with Gasteiger partial charge in [0.25, 0.3) is 0 Å². The molecule has 0 aliphatic rings. The summed E-state index contributed by atoms with van der Waals surface area (Å²) in [6.07, 6.45) is 0. The first kappa shape index (κ1) is 12.2.